The quantitative estimate of drug-likeness (QED) is 0.831. The number of hydrogen-bond acceptors (Lipinski definition) is 3. The summed E-state index contributed by atoms with van der Waals surface area (Å²) in [6.07, 6.45) is 0.766. The normalized spacial score (nSPS) is 11.6. The number of fused-ring (bicyclic) bond motifs is 1. The zero-order valence-corrected chi connectivity index (χ0v) is 10.6. The summed E-state index contributed by atoms with van der Waals surface area (Å²) in [4.78, 5) is 4.32. The van der Waals surface area contributed by atoms with Crippen LogP contribution < -0.4 is 5.73 Å². The van der Waals surface area contributed by atoms with Crippen molar-refractivity contribution in [3.63, 3.8) is 0 Å². The summed E-state index contributed by atoms with van der Waals surface area (Å²) in [5.74, 6) is 1.13. The van der Waals surface area contributed by atoms with Gasteiger partial charge in [0.2, 0.25) is 0 Å². The van der Waals surface area contributed by atoms with Gasteiger partial charge in [0, 0.05) is 12.5 Å². The molecule has 16 heavy (non-hydrogen) atoms. The molecule has 0 saturated carbocycles. The fourth-order valence-electron chi connectivity index (χ4n) is 1.49. The molecule has 3 nitrogen and oxygen atoms in total. The molecule has 0 spiro atoms. The number of oxazole rings is 1. The van der Waals surface area contributed by atoms with Crippen molar-refractivity contribution in [3.8, 4) is 0 Å². The largest absolute Gasteiger partial charge is 0.441 e. The average Bonchev–Trinajstić information content (AvgIpc) is 2.56. The van der Waals surface area contributed by atoms with E-state index in [4.69, 9.17) is 33.4 Å². The van der Waals surface area contributed by atoms with E-state index in [0.29, 0.717) is 38.6 Å². The minimum atomic E-state index is 0.347. The highest BCUT2D eigenvalue weighted by Gasteiger charge is 2.14. The highest BCUT2D eigenvalue weighted by atomic mass is 35.5. The molecule has 0 fully saturated rings. The zero-order chi connectivity index (χ0) is 11.9. The van der Waals surface area contributed by atoms with Gasteiger partial charge in [-0.05, 0) is 5.92 Å². The number of anilines is 1. The first-order valence-corrected chi connectivity index (χ1v) is 5.77. The topological polar surface area (TPSA) is 52.0 Å². The lowest BCUT2D eigenvalue weighted by Crippen LogP contribution is -1.93. The number of nitrogen functional groups attached to an aromatic ring is 1. The number of rotatable bonds is 2. The molecule has 0 saturated heterocycles. The first-order valence-electron chi connectivity index (χ1n) is 5.02. The van der Waals surface area contributed by atoms with Crippen molar-refractivity contribution in [3.05, 3.63) is 22.0 Å². The molecule has 2 aromatic rings. The monoisotopic (exact) mass is 258 g/mol. The van der Waals surface area contributed by atoms with E-state index in [1.54, 1.807) is 6.07 Å². The van der Waals surface area contributed by atoms with Crippen LogP contribution in [0.15, 0.2) is 10.5 Å². The van der Waals surface area contributed by atoms with E-state index < -0.39 is 0 Å². The summed E-state index contributed by atoms with van der Waals surface area (Å²) in [7, 11) is 0. The second-order valence-electron chi connectivity index (χ2n) is 4.14. The van der Waals surface area contributed by atoms with Crippen LogP contribution >= 0.6 is 23.2 Å². The SMILES string of the molecule is CC(C)Cc1nc2c(Cl)c(N)c(Cl)cc2o1. The van der Waals surface area contributed by atoms with E-state index in [1.165, 1.54) is 0 Å². The van der Waals surface area contributed by atoms with Crippen LogP contribution in [0.25, 0.3) is 11.1 Å². The fraction of sp³-hybridized carbons (Fsp3) is 0.364. The molecule has 1 aromatic carbocycles. The lowest BCUT2D eigenvalue weighted by atomic mass is 10.1. The van der Waals surface area contributed by atoms with E-state index in [1.807, 2.05) is 0 Å². The summed E-state index contributed by atoms with van der Waals surface area (Å²) in [6.45, 7) is 4.19. The second-order valence-corrected chi connectivity index (χ2v) is 4.92. The number of halogens is 2. The molecule has 0 unspecified atom stereocenters. The smallest absolute Gasteiger partial charge is 0.195 e. The highest BCUT2D eigenvalue weighted by molar-refractivity contribution is 6.42. The highest BCUT2D eigenvalue weighted by Crippen LogP contribution is 2.35. The van der Waals surface area contributed by atoms with E-state index in [0.717, 1.165) is 6.42 Å². The second kappa shape index (κ2) is 4.15. The van der Waals surface area contributed by atoms with Gasteiger partial charge >= 0.3 is 0 Å². The summed E-state index contributed by atoms with van der Waals surface area (Å²) >= 11 is 12.0. The molecule has 0 amide bonds. The van der Waals surface area contributed by atoms with E-state index in [9.17, 15) is 0 Å². The van der Waals surface area contributed by atoms with Crippen LogP contribution in [0.5, 0.6) is 0 Å². The number of nitrogens with two attached hydrogens (primary N) is 1. The van der Waals surface area contributed by atoms with Crippen molar-refractivity contribution in [2.75, 3.05) is 5.73 Å². The van der Waals surface area contributed by atoms with Crippen LogP contribution in [-0.4, -0.2) is 4.98 Å². The number of hydrogen-bond donors (Lipinski definition) is 1. The van der Waals surface area contributed by atoms with Gasteiger partial charge in [-0.15, -0.1) is 0 Å². The Hall–Kier alpha value is -0.930. The van der Waals surface area contributed by atoms with Crippen molar-refractivity contribution < 1.29 is 4.42 Å². The summed E-state index contributed by atoms with van der Waals surface area (Å²) in [5, 5.41) is 0.756. The van der Waals surface area contributed by atoms with Crippen LogP contribution in [0.1, 0.15) is 19.7 Å². The Labute approximate surface area is 104 Å². The molecular weight excluding hydrogens is 247 g/mol. The van der Waals surface area contributed by atoms with Gasteiger partial charge in [0.05, 0.1) is 15.7 Å². The third-order valence-corrected chi connectivity index (χ3v) is 2.94. The fourth-order valence-corrected chi connectivity index (χ4v) is 1.97. The van der Waals surface area contributed by atoms with Gasteiger partial charge in [0.25, 0.3) is 0 Å². The van der Waals surface area contributed by atoms with Crippen molar-refractivity contribution in [1.82, 2.24) is 4.98 Å². The maximum Gasteiger partial charge on any atom is 0.195 e. The number of nitrogens with zero attached hydrogens (tertiary/aromatic N) is 1. The summed E-state index contributed by atoms with van der Waals surface area (Å²) in [5.41, 5.74) is 7.23. The Morgan fingerprint density at radius 1 is 1.44 bits per heavy atom. The third kappa shape index (κ3) is 1.97. The van der Waals surface area contributed by atoms with Crippen LogP contribution in [0.4, 0.5) is 5.69 Å². The lowest BCUT2D eigenvalue weighted by Gasteiger charge is -1.99. The van der Waals surface area contributed by atoms with Gasteiger partial charge in [0.1, 0.15) is 5.52 Å². The molecule has 86 valence electrons. The van der Waals surface area contributed by atoms with Crippen LogP contribution in [-0.2, 0) is 6.42 Å². The molecule has 0 aliphatic carbocycles. The maximum absolute atomic E-state index is 6.05. The number of benzene rings is 1. The van der Waals surface area contributed by atoms with Crippen LogP contribution in [0, 0.1) is 5.92 Å². The molecule has 0 radical (unpaired) electrons. The van der Waals surface area contributed by atoms with Gasteiger partial charge in [-0.1, -0.05) is 37.0 Å². The maximum atomic E-state index is 6.05. The molecule has 2 N–H and O–H groups in total. The molecular formula is C11H12Cl2N2O. The van der Waals surface area contributed by atoms with Gasteiger partial charge in [-0.2, -0.15) is 0 Å². The standard InChI is InChI=1S/C11H12Cl2N2O/c1-5(2)3-8-15-11-7(16-8)4-6(12)10(14)9(11)13/h4-5H,3,14H2,1-2H3. The Kier molecular flexibility index (Phi) is 3.00. The molecule has 0 aliphatic heterocycles. The summed E-state index contributed by atoms with van der Waals surface area (Å²) < 4.78 is 5.56. The first kappa shape index (κ1) is 11.6. The van der Waals surface area contributed by atoms with Crippen molar-refractivity contribution in [2.24, 2.45) is 5.92 Å². The third-order valence-electron chi connectivity index (χ3n) is 2.24. The minimum absolute atomic E-state index is 0.347. The van der Waals surface area contributed by atoms with Gasteiger partial charge in [-0.3, -0.25) is 0 Å². The van der Waals surface area contributed by atoms with Gasteiger partial charge < -0.3 is 10.2 Å². The molecule has 1 aromatic heterocycles. The van der Waals surface area contributed by atoms with E-state index in [-0.39, 0.29) is 0 Å². The minimum Gasteiger partial charge on any atom is -0.441 e. The predicted octanol–water partition coefficient (Wildman–Crippen LogP) is 3.92. The van der Waals surface area contributed by atoms with Crippen molar-refractivity contribution in [2.45, 2.75) is 20.3 Å². The molecule has 5 heteroatoms. The average molecular weight is 259 g/mol. The lowest BCUT2D eigenvalue weighted by molar-refractivity contribution is 0.482. The van der Waals surface area contributed by atoms with Crippen LogP contribution in [0.3, 0.4) is 0 Å². The van der Waals surface area contributed by atoms with Crippen molar-refractivity contribution in [1.29, 1.82) is 0 Å². The van der Waals surface area contributed by atoms with E-state index >= 15 is 0 Å². The Balaban J connectivity index is 2.57. The Morgan fingerprint density at radius 3 is 2.75 bits per heavy atom. The first-order chi connectivity index (χ1) is 7.49. The molecule has 0 atom stereocenters. The summed E-state index contributed by atoms with van der Waals surface area (Å²) in [6, 6.07) is 1.65. The molecule has 1 heterocycles. The zero-order valence-electron chi connectivity index (χ0n) is 9.05. The van der Waals surface area contributed by atoms with E-state index in [2.05, 4.69) is 18.8 Å². The molecule has 0 aliphatic rings. The molecule has 2 rings (SSSR count). The van der Waals surface area contributed by atoms with Gasteiger partial charge in [0.15, 0.2) is 11.5 Å². The predicted molar refractivity (Wildman–Crippen MR) is 67.0 cm³/mol. The number of aromatic nitrogens is 1. The Bertz CT molecular complexity index is 534. The molecule has 0 bridgehead atoms. The Morgan fingerprint density at radius 2 is 2.12 bits per heavy atom. The van der Waals surface area contributed by atoms with Gasteiger partial charge in [-0.25, -0.2) is 4.98 Å². The van der Waals surface area contributed by atoms with Crippen LogP contribution in [0.2, 0.25) is 10.0 Å². The van der Waals surface area contributed by atoms with Crippen molar-refractivity contribution >= 4 is 40.0 Å².